The van der Waals surface area contributed by atoms with Gasteiger partial charge in [0.25, 0.3) is 0 Å². The van der Waals surface area contributed by atoms with Crippen LogP contribution in [0.3, 0.4) is 0 Å². The van der Waals surface area contributed by atoms with Gasteiger partial charge in [-0.3, -0.25) is 0 Å². The maximum Gasteiger partial charge on any atom is 0.122 e. The van der Waals surface area contributed by atoms with Crippen molar-refractivity contribution in [3.63, 3.8) is 0 Å². The standard InChI is InChI=1S/C11H14O4/c12-7-6-9(13)11(15)10(14)8-4-2-1-3-5-8/h1-5,7,9-11,13-15H,6H2/t9-,10-,11-/m1/s1. The van der Waals surface area contributed by atoms with Crippen molar-refractivity contribution >= 4 is 6.29 Å². The van der Waals surface area contributed by atoms with Gasteiger partial charge in [0.2, 0.25) is 0 Å². The number of carbonyl (C=O) groups is 1. The molecule has 0 aliphatic rings. The van der Waals surface area contributed by atoms with Crippen LogP contribution in [0.4, 0.5) is 0 Å². The summed E-state index contributed by atoms with van der Waals surface area (Å²) in [5.41, 5.74) is 0.509. The number of aliphatic hydroxyl groups excluding tert-OH is 3. The van der Waals surface area contributed by atoms with E-state index in [1.807, 2.05) is 0 Å². The van der Waals surface area contributed by atoms with E-state index in [4.69, 9.17) is 0 Å². The van der Waals surface area contributed by atoms with Crippen molar-refractivity contribution in [3.05, 3.63) is 35.9 Å². The molecule has 0 saturated carbocycles. The maximum absolute atomic E-state index is 10.1. The fraction of sp³-hybridized carbons (Fsp3) is 0.364. The Kier molecular flexibility index (Phi) is 4.42. The quantitative estimate of drug-likeness (QED) is 0.599. The van der Waals surface area contributed by atoms with Crippen molar-refractivity contribution in [1.29, 1.82) is 0 Å². The van der Waals surface area contributed by atoms with Crippen molar-refractivity contribution in [1.82, 2.24) is 0 Å². The number of hydrogen-bond acceptors (Lipinski definition) is 4. The van der Waals surface area contributed by atoms with Crippen LogP contribution in [0.25, 0.3) is 0 Å². The van der Waals surface area contributed by atoms with Crippen LogP contribution in [0.15, 0.2) is 30.3 Å². The Balaban J connectivity index is 2.68. The second-order valence-electron chi connectivity index (χ2n) is 3.32. The van der Waals surface area contributed by atoms with Crippen LogP contribution in [0, 0.1) is 0 Å². The first kappa shape index (κ1) is 11.8. The van der Waals surface area contributed by atoms with Gasteiger partial charge in [0, 0.05) is 6.42 Å². The SMILES string of the molecule is O=CC[C@@H](O)[C@@H](O)[C@H](O)c1ccccc1. The lowest BCUT2D eigenvalue weighted by atomic mass is 9.99. The van der Waals surface area contributed by atoms with E-state index in [0.29, 0.717) is 11.8 Å². The first-order valence-corrected chi connectivity index (χ1v) is 4.69. The summed E-state index contributed by atoms with van der Waals surface area (Å²) < 4.78 is 0. The fourth-order valence-electron chi connectivity index (χ4n) is 1.30. The summed E-state index contributed by atoms with van der Waals surface area (Å²) in [7, 11) is 0. The highest BCUT2D eigenvalue weighted by atomic mass is 16.4. The third-order valence-electron chi connectivity index (χ3n) is 2.20. The summed E-state index contributed by atoms with van der Waals surface area (Å²) in [4.78, 5) is 10.1. The lowest BCUT2D eigenvalue weighted by Crippen LogP contribution is -2.32. The molecular formula is C11H14O4. The Morgan fingerprint density at radius 3 is 2.27 bits per heavy atom. The van der Waals surface area contributed by atoms with Crippen molar-refractivity contribution in [2.75, 3.05) is 0 Å². The molecule has 0 spiro atoms. The van der Waals surface area contributed by atoms with Crippen LogP contribution in [-0.2, 0) is 4.79 Å². The molecule has 0 aliphatic carbocycles. The highest BCUT2D eigenvalue weighted by Crippen LogP contribution is 2.19. The summed E-state index contributed by atoms with van der Waals surface area (Å²) in [5, 5.41) is 28.5. The zero-order valence-corrected chi connectivity index (χ0v) is 8.15. The normalized spacial score (nSPS) is 16.7. The van der Waals surface area contributed by atoms with Crippen LogP contribution in [0.2, 0.25) is 0 Å². The van der Waals surface area contributed by atoms with E-state index in [9.17, 15) is 20.1 Å². The zero-order chi connectivity index (χ0) is 11.3. The Bertz CT molecular complexity index is 299. The van der Waals surface area contributed by atoms with E-state index in [-0.39, 0.29) is 6.42 Å². The second-order valence-corrected chi connectivity index (χ2v) is 3.32. The van der Waals surface area contributed by atoms with E-state index in [2.05, 4.69) is 0 Å². The Labute approximate surface area is 87.8 Å². The van der Waals surface area contributed by atoms with E-state index in [0.717, 1.165) is 0 Å². The van der Waals surface area contributed by atoms with E-state index >= 15 is 0 Å². The van der Waals surface area contributed by atoms with Crippen molar-refractivity contribution in [2.24, 2.45) is 0 Å². The molecule has 1 aromatic rings. The molecule has 0 aromatic heterocycles. The summed E-state index contributed by atoms with van der Waals surface area (Å²) >= 11 is 0. The van der Waals surface area contributed by atoms with Gasteiger partial charge in [-0.2, -0.15) is 0 Å². The molecule has 15 heavy (non-hydrogen) atoms. The molecule has 0 unspecified atom stereocenters. The summed E-state index contributed by atoms with van der Waals surface area (Å²) in [6.07, 6.45) is -3.45. The Morgan fingerprint density at radius 2 is 1.73 bits per heavy atom. The molecular weight excluding hydrogens is 196 g/mol. The Morgan fingerprint density at radius 1 is 1.13 bits per heavy atom. The number of aliphatic hydroxyl groups is 3. The Hall–Kier alpha value is -1.23. The maximum atomic E-state index is 10.1. The molecule has 3 atom stereocenters. The molecule has 4 nitrogen and oxygen atoms in total. The highest BCUT2D eigenvalue weighted by Gasteiger charge is 2.25. The van der Waals surface area contributed by atoms with Gasteiger partial charge in [-0.1, -0.05) is 30.3 Å². The minimum atomic E-state index is -1.35. The lowest BCUT2D eigenvalue weighted by Gasteiger charge is -2.21. The number of hydrogen-bond donors (Lipinski definition) is 3. The number of rotatable bonds is 5. The van der Waals surface area contributed by atoms with Gasteiger partial charge in [-0.25, -0.2) is 0 Å². The van der Waals surface area contributed by atoms with Crippen LogP contribution < -0.4 is 0 Å². The smallest absolute Gasteiger partial charge is 0.122 e. The molecule has 0 aliphatic heterocycles. The molecule has 0 saturated heterocycles. The molecule has 0 bridgehead atoms. The van der Waals surface area contributed by atoms with Crippen molar-refractivity contribution in [3.8, 4) is 0 Å². The van der Waals surface area contributed by atoms with Gasteiger partial charge in [0.15, 0.2) is 0 Å². The van der Waals surface area contributed by atoms with Crippen LogP contribution in [-0.4, -0.2) is 33.8 Å². The van der Waals surface area contributed by atoms with Gasteiger partial charge in [-0.15, -0.1) is 0 Å². The van der Waals surface area contributed by atoms with E-state index in [1.54, 1.807) is 30.3 Å². The molecule has 3 N–H and O–H groups in total. The van der Waals surface area contributed by atoms with Gasteiger partial charge in [0.1, 0.15) is 18.5 Å². The fourth-order valence-corrected chi connectivity index (χ4v) is 1.30. The third kappa shape index (κ3) is 3.13. The molecule has 0 heterocycles. The average molecular weight is 210 g/mol. The number of carbonyl (C=O) groups excluding carboxylic acids is 1. The monoisotopic (exact) mass is 210 g/mol. The van der Waals surface area contributed by atoms with Crippen LogP contribution in [0.5, 0.6) is 0 Å². The van der Waals surface area contributed by atoms with Crippen molar-refractivity contribution < 1.29 is 20.1 Å². The second kappa shape index (κ2) is 5.60. The average Bonchev–Trinajstić information content (AvgIpc) is 2.28. The first-order valence-electron chi connectivity index (χ1n) is 4.69. The molecule has 1 rings (SSSR count). The van der Waals surface area contributed by atoms with Gasteiger partial charge >= 0.3 is 0 Å². The zero-order valence-electron chi connectivity index (χ0n) is 8.15. The van der Waals surface area contributed by atoms with Gasteiger partial charge in [-0.05, 0) is 5.56 Å². The molecule has 0 amide bonds. The molecule has 0 radical (unpaired) electrons. The predicted molar refractivity (Wildman–Crippen MR) is 54.1 cm³/mol. The number of benzene rings is 1. The van der Waals surface area contributed by atoms with E-state index in [1.165, 1.54) is 0 Å². The third-order valence-corrected chi connectivity index (χ3v) is 2.20. The van der Waals surface area contributed by atoms with Crippen molar-refractivity contribution in [2.45, 2.75) is 24.7 Å². The minimum absolute atomic E-state index is 0.189. The predicted octanol–water partition coefficient (Wildman–Crippen LogP) is 0.0308. The molecule has 1 aromatic carbocycles. The van der Waals surface area contributed by atoms with Gasteiger partial charge < -0.3 is 20.1 Å². The summed E-state index contributed by atoms with van der Waals surface area (Å²) in [5.74, 6) is 0. The van der Waals surface area contributed by atoms with Crippen LogP contribution in [0.1, 0.15) is 18.1 Å². The number of aldehydes is 1. The highest BCUT2D eigenvalue weighted by molar-refractivity contribution is 5.50. The van der Waals surface area contributed by atoms with E-state index < -0.39 is 18.3 Å². The molecule has 4 heteroatoms. The summed E-state index contributed by atoms with van der Waals surface area (Å²) in [6, 6.07) is 8.50. The minimum Gasteiger partial charge on any atom is -0.390 e. The molecule has 82 valence electrons. The molecule has 0 fully saturated rings. The largest absolute Gasteiger partial charge is 0.390 e. The first-order chi connectivity index (χ1) is 7.16. The topological polar surface area (TPSA) is 77.8 Å². The summed E-state index contributed by atoms with van der Waals surface area (Å²) in [6.45, 7) is 0. The van der Waals surface area contributed by atoms with Gasteiger partial charge in [0.05, 0.1) is 6.10 Å². The van der Waals surface area contributed by atoms with Crippen LogP contribution >= 0.6 is 0 Å². The lowest BCUT2D eigenvalue weighted by molar-refractivity contribution is -0.114.